The first kappa shape index (κ1) is 14.9. The molecule has 1 rings (SSSR count). The summed E-state index contributed by atoms with van der Waals surface area (Å²) in [6.45, 7) is 3.85. The van der Waals surface area contributed by atoms with Crippen molar-refractivity contribution in [2.45, 2.75) is 58.0 Å². The third-order valence-electron chi connectivity index (χ3n) is 3.65. The summed E-state index contributed by atoms with van der Waals surface area (Å²) in [6.07, 6.45) is 5.82. The van der Waals surface area contributed by atoms with Crippen LogP contribution in [0.15, 0.2) is 0 Å². The van der Waals surface area contributed by atoms with Crippen molar-refractivity contribution in [3.8, 4) is 0 Å². The van der Waals surface area contributed by atoms with E-state index in [4.69, 9.17) is 0 Å². The van der Waals surface area contributed by atoms with Crippen LogP contribution < -0.4 is 4.72 Å². The van der Waals surface area contributed by atoms with E-state index < -0.39 is 15.6 Å². The van der Waals surface area contributed by atoms with Gasteiger partial charge in [0.25, 0.3) is 0 Å². The van der Waals surface area contributed by atoms with Crippen LogP contribution in [0.3, 0.4) is 0 Å². The second-order valence-corrected chi connectivity index (χ2v) is 7.26. The summed E-state index contributed by atoms with van der Waals surface area (Å²) in [6, 6.07) is 0. The van der Waals surface area contributed by atoms with Crippen LogP contribution in [-0.2, 0) is 10.0 Å². The molecule has 1 aliphatic rings. The van der Waals surface area contributed by atoms with E-state index in [1.165, 1.54) is 0 Å². The SMILES string of the molecule is CCCCS(=O)(=O)NC[C@@](C)(O)C1CCCC1. The molecule has 0 aliphatic heterocycles. The number of rotatable bonds is 7. The van der Waals surface area contributed by atoms with E-state index in [-0.39, 0.29) is 18.2 Å². The molecule has 1 aliphatic carbocycles. The zero-order valence-electron chi connectivity index (χ0n) is 10.9. The van der Waals surface area contributed by atoms with Crippen molar-refractivity contribution in [3.05, 3.63) is 0 Å². The smallest absolute Gasteiger partial charge is 0.211 e. The lowest BCUT2D eigenvalue weighted by Crippen LogP contribution is -2.45. The third kappa shape index (κ3) is 4.94. The Hall–Kier alpha value is -0.130. The van der Waals surface area contributed by atoms with Gasteiger partial charge in [-0.05, 0) is 32.1 Å². The highest BCUT2D eigenvalue weighted by atomic mass is 32.2. The standard InChI is InChI=1S/C12H25NO3S/c1-3-4-9-17(15,16)13-10-12(2,14)11-7-5-6-8-11/h11,13-14H,3-10H2,1-2H3/t12-/m1/s1. The van der Waals surface area contributed by atoms with Gasteiger partial charge in [0.15, 0.2) is 0 Å². The molecule has 0 aromatic rings. The maximum atomic E-state index is 11.6. The maximum absolute atomic E-state index is 11.6. The molecular weight excluding hydrogens is 238 g/mol. The summed E-state index contributed by atoms with van der Waals surface area (Å²) in [5, 5.41) is 10.3. The van der Waals surface area contributed by atoms with Gasteiger partial charge in [-0.3, -0.25) is 0 Å². The van der Waals surface area contributed by atoms with E-state index in [1.807, 2.05) is 6.92 Å². The lowest BCUT2D eigenvalue weighted by molar-refractivity contribution is 0.00696. The molecule has 0 heterocycles. The van der Waals surface area contributed by atoms with Gasteiger partial charge in [-0.1, -0.05) is 26.2 Å². The molecule has 0 aromatic carbocycles. The predicted molar refractivity (Wildman–Crippen MR) is 69.3 cm³/mol. The van der Waals surface area contributed by atoms with Crippen LogP contribution >= 0.6 is 0 Å². The fourth-order valence-corrected chi connectivity index (χ4v) is 3.68. The van der Waals surface area contributed by atoms with Gasteiger partial charge in [0, 0.05) is 6.54 Å². The zero-order valence-corrected chi connectivity index (χ0v) is 11.7. The fourth-order valence-electron chi connectivity index (χ4n) is 2.35. The minimum atomic E-state index is -3.22. The first-order valence-electron chi connectivity index (χ1n) is 6.57. The molecule has 0 amide bonds. The number of nitrogens with one attached hydrogen (secondary N) is 1. The highest BCUT2D eigenvalue weighted by Crippen LogP contribution is 2.33. The van der Waals surface area contributed by atoms with Gasteiger partial charge >= 0.3 is 0 Å². The Balaban J connectivity index is 2.42. The quantitative estimate of drug-likeness (QED) is 0.734. The molecule has 0 aromatic heterocycles. The number of hydrogen-bond acceptors (Lipinski definition) is 3. The van der Waals surface area contributed by atoms with Crippen molar-refractivity contribution in [2.24, 2.45) is 5.92 Å². The molecule has 0 unspecified atom stereocenters. The minimum absolute atomic E-state index is 0.143. The van der Waals surface area contributed by atoms with E-state index >= 15 is 0 Å². The second-order valence-electron chi connectivity index (χ2n) is 5.33. The molecular formula is C12H25NO3S. The first-order chi connectivity index (χ1) is 7.87. The van der Waals surface area contributed by atoms with Crippen LogP contribution in [0.5, 0.6) is 0 Å². The summed E-state index contributed by atoms with van der Waals surface area (Å²) in [4.78, 5) is 0. The van der Waals surface area contributed by atoms with Crippen LogP contribution in [0.4, 0.5) is 0 Å². The summed E-state index contributed by atoms with van der Waals surface area (Å²) in [5.41, 5.74) is -0.907. The molecule has 17 heavy (non-hydrogen) atoms. The molecule has 0 bridgehead atoms. The molecule has 0 spiro atoms. The molecule has 1 fully saturated rings. The van der Waals surface area contributed by atoms with Crippen LogP contribution in [0, 0.1) is 5.92 Å². The van der Waals surface area contributed by atoms with Crippen LogP contribution in [0.1, 0.15) is 52.4 Å². The molecule has 0 radical (unpaired) electrons. The zero-order chi connectivity index (χ0) is 12.9. The monoisotopic (exact) mass is 263 g/mol. The Morgan fingerprint density at radius 1 is 1.35 bits per heavy atom. The van der Waals surface area contributed by atoms with Gasteiger partial charge in [-0.15, -0.1) is 0 Å². The van der Waals surface area contributed by atoms with Gasteiger partial charge in [-0.2, -0.15) is 0 Å². The van der Waals surface area contributed by atoms with E-state index in [9.17, 15) is 13.5 Å². The predicted octanol–water partition coefficient (Wildman–Crippen LogP) is 1.65. The Labute approximate surface area is 105 Å². The molecule has 2 N–H and O–H groups in total. The lowest BCUT2D eigenvalue weighted by Gasteiger charge is -2.30. The minimum Gasteiger partial charge on any atom is -0.389 e. The van der Waals surface area contributed by atoms with Gasteiger partial charge in [0.05, 0.1) is 11.4 Å². The normalized spacial score (nSPS) is 21.6. The molecule has 0 saturated heterocycles. The maximum Gasteiger partial charge on any atom is 0.211 e. The first-order valence-corrected chi connectivity index (χ1v) is 8.22. The molecule has 1 saturated carbocycles. The van der Waals surface area contributed by atoms with Crippen LogP contribution in [0.25, 0.3) is 0 Å². The van der Waals surface area contributed by atoms with Crippen molar-refractivity contribution in [3.63, 3.8) is 0 Å². The lowest BCUT2D eigenvalue weighted by atomic mass is 9.88. The van der Waals surface area contributed by atoms with Crippen LogP contribution in [0.2, 0.25) is 0 Å². The van der Waals surface area contributed by atoms with Crippen molar-refractivity contribution in [1.82, 2.24) is 4.72 Å². The van der Waals surface area contributed by atoms with Gasteiger partial charge in [0.1, 0.15) is 0 Å². The van der Waals surface area contributed by atoms with Crippen molar-refractivity contribution < 1.29 is 13.5 Å². The summed E-state index contributed by atoms with van der Waals surface area (Å²) < 4.78 is 25.8. The highest BCUT2D eigenvalue weighted by Gasteiger charge is 2.34. The number of sulfonamides is 1. The molecule has 4 nitrogen and oxygen atoms in total. The van der Waals surface area contributed by atoms with E-state index in [0.717, 1.165) is 32.1 Å². The molecule has 102 valence electrons. The second kappa shape index (κ2) is 6.16. The van der Waals surface area contributed by atoms with Gasteiger partial charge in [-0.25, -0.2) is 13.1 Å². The van der Waals surface area contributed by atoms with E-state index in [2.05, 4.69) is 4.72 Å². The number of hydrogen-bond donors (Lipinski definition) is 2. The summed E-state index contributed by atoms with van der Waals surface area (Å²) in [7, 11) is -3.22. The Morgan fingerprint density at radius 3 is 2.47 bits per heavy atom. The highest BCUT2D eigenvalue weighted by molar-refractivity contribution is 7.89. The average molecular weight is 263 g/mol. The molecule has 1 atom stereocenters. The average Bonchev–Trinajstić information content (AvgIpc) is 2.78. The Morgan fingerprint density at radius 2 is 1.94 bits per heavy atom. The Kier molecular flexibility index (Phi) is 5.41. The van der Waals surface area contributed by atoms with Crippen molar-refractivity contribution in [1.29, 1.82) is 0 Å². The van der Waals surface area contributed by atoms with Crippen molar-refractivity contribution >= 4 is 10.0 Å². The van der Waals surface area contributed by atoms with E-state index in [0.29, 0.717) is 6.42 Å². The summed E-state index contributed by atoms with van der Waals surface area (Å²) in [5.74, 6) is 0.390. The van der Waals surface area contributed by atoms with E-state index in [1.54, 1.807) is 6.92 Å². The van der Waals surface area contributed by atoms with Gasteiger partial charge < -0.3 is 5.11 Å². The van der Waals surface area contributed by atoms with Crippen LogP contribution in [-0.4, -0.2) is 31.4 Å². The summed E-state index contributed by atoms with van der Waals surface area (Å²) >= 11 is 0. The fraction of sp³-hybridized carbons (Fsp3) is 1.00. The Bertz CT molecular complexity index is 319. The van der Waals surface area contributed by atoms with Gasteiger partial charge in [0.2, 0.25) is 10.0 Å². The topological polar surface area (TPSA) is 66.4 Å². The third-order valence-corrected chi connectivity index (χ3v) is 5.06. The largest absolute Gasteiger partial charge is 0.389 e. The molecule has 5 heteroatoms. The number of unbranched alkanes of at least 4 members (excludes halogenated alkanes) is 1. The van der Waals surface area contributed by atoms with Crippen molar-refractivity contribution in [2.75, 3.05) is 12.3 Å². The number of aliphatic hydroxyl groups is 1.